The molecule has 1 aromatic heterocycles. The lowest BCUT2D eigenvalue weighted by Gasteiger charge is -2.20. The zero-order valence-electron chi connectivity index (χ0n) is 11.3. The van der Waals surface area contributed by atoms with E-state index in [4.69, 9.17) is 5.11 Å². The Labute approximate surface area is 114 Å². The minimum absolute atomic E-state index is 0.193. The van der Waals surface area contributed by atoms with E-state index in [1.165, 1.54) is 5.56 Å². The van der Waals surface area contributed by atoms with Gasteiger partial charge in [-0.3, -0.25) is 10.00 Å². The highest BCUT2D eigenvalue weighted by Gasteiger charge is 2.11. The first-order valence-electron chi connectivity index (χ1n) is 6.76. The lowest BCUT2D eigenvalue weighted by molar-refractivity contribution is 0.190. The van der Waals surface area contributed by atoms with Gasteiger partial charge >= 0.3 is 0 Å². The third kappa shape index (κ3) is 3.66. The maximum Gasteiger partial charge on any atom is 0.0695 e. The zero-order valence-corrected chi connectivity index (χ0v) is 11.3. The van der Waals surface area contributed by atoms with Crippen LogP contribution in [0.2, 0.25) is 0 Å². The van der Waals surface area contributed by atoms with Crippen molar-refractivity contribution in [1.29, 1.82) is 0 Å². The number of hydrogen-bond donors (Lipinski definition) is 2. The average molecular weight is 259 g/mol. The molecule has 0 atom stereocenters. The van der Waals surface area contributed by atoms with Crippen LogP contribution in [0, 0.1) is 0 Å². The van der Waals surface area contributed by atoms with Crippen LogP contribution in [-0.4, -0.2) is 39.9 Å². The fourth-order valence-corrected chi connectivity index (χ4v) is 2.25. The molecule has 0 aliphatic heterocycles. The number of rotatable bonds is 7. The second kappa shape index (κ2) is 7.07. The molecule has 4 nitrogen and oxygen atoms in total. The summed E-state index contributed by atoms with van der Waals surface area (Å²) in [5.74, 6) is 0. The molecule has 0 saturated carbocycles. The van der Waals surface area contributed by atoms with Gasteiger partial charge in [-0.05, 0) is 18.5 Å². The molecule has 0 amide bonds. The average Bonchev–Trinajstić information content (AvgIpc) is 2.88. The SMILES string of the molecule is CCCN(CCO)Cc1cn[nH]c1-c1ccccc1. The Kier molecular flexibility index (Phi) is 5.12. The Hall–Kier alpha value is -1.65. The lowest BCUT2D eigenvalue weighted by atomic mass is 10.1. The van der Waals surface area contributed by atoms with Gasteiger partial charge in [0.2, 0.25) is 0 Å². The topological polar surface area (TPSA) is 52.1 Å². The van der Waals surface area contributed by atoms with Crippen LogP contribution >= 0.6 is 0 Å². The quantitative estimate of drug-likeness (QED) is 0.802. The van der Waals surface area contributed by atoms with Crippen LogP contribution in [-0.2, 0) is 6.54 Å². The number of aromatic amines is 1. The number of nitrogens with zero attached hydrogens (tertiary/aromatic N) is 2. The van der Waals surface area contributed by atoms with Crippen molar-refractivity contribution < 1.29 is 5.11 Å². The number of H-pyrrole nitrogens is 1. The van der Waals surface area contributed by atoms with Gasteiger partial charge in [0.05, 0.1) is 18.5 Å². The molecule has 1 aromatic carbocycles. The molecule has 2 N–H and O–H groups in total. The summed E-state index contributed by atoms with van der Waals surface area (Å²) in [4.78, 5) is 2.25. The normalized spacial score (nSPS) is 11.1. The number of aromatic nitrogens is 2. The zero-order chi connectivity index (χ0) is 13.5. The summed E-state index contributed by atoms with van der Waals surface area (Å²) < 4.78 is 0. The van der Waals surface area contributed by atoms with Crippen LogP contribution in [0.5, 0.6) is 0 Å². The van der Waals surface area contributed by atoms with E-state index in [0.717, 1.165) is 30.8 Å². The van der Waals surface area contributed by atoms with Gasteiger partial charge < -0.3 is 5.11 Å². The first kappa shape index (κ1) is 13.8. The smallest absolute Gasteiger partial charge is 0.0695 e. The molecule has 1 heterocycles. The van der Waals surface area contributed by atoms with Gasteiger partial charge in [0.1, 0.15) is 0 Å². The second-order valence-electron chi connectivity index (χ2n) is 4.64. The van der Waals surface area contributed by atoms with E-state index in [-0.39, 0.29) is 6.61 Å². The number of hydrogen-bond acceptors (Lipinski definition) is 3. The van der Waals surface area contributed by atoms with E-state index >= 15 is 0 Å². The monoisotopic (exact) mass is 259 g/mol. The highest BCUT2D eigenvalue weighted by atomic mass is 16.3. The van der Waals surface area contributed by atoms with Crippen LogP contribution in [0.3, 0.4) is 0 Å². The summed E-state index contributed by atoms with van der Waals surface area (Å²) in [5.41, 5.74) is 3.39. The molecule has 0 fully saturated rings. The van der Waals surface area contributed by atoms with Crippen molar-refractivity contribution in [1.82, 2.24) is 15.1 Å². The van der Waals surface area contributed by atoms with Gasteiger partial charge in [-0.15, -0.1) is 0 Å². The van der Waals surface area contributed by atoms with Crippen molar-refractivity contribution >= 4 is 0 Å². The van der Waals surface area contributed by atoms with Crippen molar-refractivity contribution in [3.8, 4) is 11.3 Å². The Morgan fingerprint density at radius 1 is 1.21 bits per heavy atom. The summed E-state index contributed by atoms with van der Waals surface area (Å²) in [6, 6.07) is 10.2. The van der Waals surface area contributed by atoms with Crippen LogP contribution in [0.4, 0.5) is 0 Å². The maximum absolute atomic E-state index is 9.11. The van der Waals surface area contributed by atoms with Crippen LogP contribution < -0.4 is 0 Å². The van der Waals surface area contributed by atoms with E-state index in [9.17, 15) is 0 Å². The molecule has 0 bridgehead atoms. The van der Waals surface area contributed by atoms with Crippen molar-refractivity contribution in [2.75, 3.05) is 19.7 Å². The predicted octanol–water partition coefficient (Wildman–Crippen LogP) is 2.28. The largest absolute Gasteiger partial charge is 0.395 e. The summed E-state index contributed by atoms with van der Waals surface area (Å²) in [7, 11) is 0. The second-order valence-corrected chi connectivity index (χ2v) is 4.64. The van der Waals surface area contributed by atoms with E-state index in [2.05, 4.69) is 34.2 Å². The molecule has 4 heteroatoms. The fraction of sp³-hybridized carbons (Fsp3) is 0.400. The molecule has 0 aliphatic rings. The molecule has 2 rings (SSSR count). The maximum atomic E-state index is 9.11. The van der Waals surface area contributed by atoms with Gasteiger partial charge in [0, 0.05) is 18.7 Å². The highest BCUT2D eigenvalue weighted by Crippen LogP contribution is 2.21. The van der Waals surface area contributed by atoms with E-state index < -0.39 is 0 Å². The number of nitrogens with one attached hydrogen (secondary N) is 1. The van der Waals surface area contributed by atoms with Crippen molar-refractivity contribution in [2.45, 2.75) is 19.9 Å². The van der Waals surface area contributed by atoms with Crippen molar-refractivity contribution in [3.63, 3.8) is 0 Å². The number of benzene rings is 1. The predicted molar refractivity (Wildman–Crippen MR) is 76.7 cm³/mol. The van der Waals surface area contributed by atoms with Crippen LogP contribution in [0.25, 0.3) is 11.3 Å². The molecule has 19 heavy (non-hydrogen) atoms. The third-order valence-corrected chi connectivity index (χ3v) is 3.13. The number of aliphatic hydroxyl groups is 1. The third-order valence-electron chi connectivity index (χ3n) is 3.13. The Morgan fingerprint density at radius 2 is 2.00 bits per heavy atom. The molecular weight excluding hydrogens is 238 g/mol. The summed E-state index contributed by atoms with van der Waals surface area (Å²) >= 11 is 0. The molecular formula is C15H21N3O. The summed E-state index contributed by atoms with van der Waals surface area (Å²) in [5, 5.41) is 16.3. The highest BCUT2D eigenvalue weighted by molar-refractivity contribution is 5.62. The lowest BCUT2D eigenvalue weighted by Crippen LogP contribution is -2.27. The van der Waals surface area contributed by atoms with Crippen LogP contribution in [0.1, 0.15) is 18.9 Å². The molecule has 0 unspecified atom stereocenters. The molecule has 102 valence electrons. The van der Waals surface area contributed by atoms with E-state index in [1.54, 1.807) is 0 Å². The minimum atomic E-state index is 0.193. The molecule has 2 aromatic rings. The molecule has 0 aliphatic carbocycles. The first-order valence-corrected chi connectivity index (χ1v) is 6.76. The molecule has 0 radical (unpaired) electrons. The number of aliphatic hydroxyl groups excluding tert-OH is 1. The fourth-order valence-electron chi connectivity index (χ4n) is 2.25. The minimum Gasteiger partial charge on any atom is -0.395 e. The van der Waals surface area contributed by atoms with Gasteiger partial charge in [0.25, 0.3) is 0 Å². The summed E-state index contributed by atoms with van der Waals surface area (Å²) in [6.07, 6.45) is 2.96. The van der Waals surface area contributed by atoms with Crippen molar-refractivity contribution in [3.05, 3.63) is 42.1 Å². The summed E-state index contributed by atoms with van der Waals surface area (Å²) in [6.45, 7) is 4.85. The van der Waals surface area contributed by atoms with E-state index in [0.29, 0.717) is 6.54 Å². The Morgan fingerprint density at radius 3 is 2.68 bits per heavy atom. The van der Waals surface area contributed by atoms with Gasteiger partial charge in [-0.25, -0.2) is 0 Å². The van der Waals surface area contributed by atoms with Gasteiger partial charge in [-0.1, -0.05) is 37.3 Å². The first-order chi connectivity index (χ1) is 9.35. The Bertz CT molecular complexity index is 475. The van der Waals surface area contributed by atoms with Crippen LogP contribution in [0.15, 0.2) is 36.5 Å². The Balaban J connectivity index is 2.15. The van der Waals surface area contributed by atoms with Gasteiger partial charge in [-0.2, -0.15) is 5.10 Å². The van der Waals surface area contributed by atoms with E-state index in [1.807, 2.05) is 24.4 Å². The van der Waals surface area contributed by atoms with Crippen molar-refractivity contribution in [2.24, 2.45) is 0 Å². The molecule has 0 spiro atoms. The molecule has 0 saturated heterocycles. The van der Waals surface area contributed by atoms with Gasteiger partial charge in [0.15, 0.2) is 0 Å². The standard InChI is InChI=1S/C15H21N3O/c1-2-8-18(9-10-19)12-14-11-16-17-15(14)13-6-4-3-5-7-13/h3-7,11,19H,2,8-10,12H2,1H3,(H,16,17).